The van der Waals surface area contributed by atoms with Gasteiger partial charge in [0.2, 0.25) is 0 Å². The number of rotatable bonds is 7. The molecule has 0 spiro atoms. The first-order valence-corrected chi connectivity index (χ1v) is 8.81. The number of hydrogen-bond donors (Lipinski definition) is 1. The first-order valence-electron chi connectivity index (χ1n) is 8.81. The molecule has 0 bridgehead atoms. The summed E-state index contributed by atoms with van der Waals surface area (Å²) in [5, 5.41) is 7.75. The Labute approximate surface area is 152 Å². The summed E-state index contributed by atoms with van der Waals surface area (Å²) in [5.41, 5.74) is -0.208. The fraction of sp³-hybridized carbons (Fsp3) is 0.474. The van der Waals surface area contributed by atoms with Crippen LogP contribution in [0.1, 0.15) is 44.6 Å². The summed E-state index contributed by atoms with van der Waals surface area (Å²) < 4.78 is 6.39. The zero-order chi connectivity index (χ0) is 19.3. The molecule has 0 saturated carbocycles. The highest BCUT2D eigenvalue weighted by Gasteiger charge is 2.19. The maximum atomic E-state index is 12.5. The number of nitrogens with one attached hydrogen (secondary N) is 1. The van der Waals surface area contributed by atoms with Gasteiger partial charge in [-0.1, -0.05) is 39.0 Å². The van der Waals surface area contributed by atoms with Gasteiger partial charge in [0.15, 0.2) is 12.3 Å². The molecule has 0 aliphatic heterocycles. The van der Waals surface area contributed by atoms with E-state index >= 15 is 0 Å². The van der Waals surface area contributed by atoms with Crippen molar-refractivity contribution in [1.29, 1.82) is 0 Å². The molecule has 1 amide bonds. The molecule has 1 aromatic carbocycles. The van der Waals surface area contributed by atoms with Crippen LogP contribution in [0.4, 0.5) is 0 Å². The van der Waals surface area contributed by atoms with Gasteiger partial charge in [-0.05, 0) is 25.3 Å². The van der Waals surface area contributed by atoms with Crippen molar-refractivity contribution in [2.75, 3.05) is 6.61 Å². The van der Waals surface area contributed by atoms with E-state index < -0.39 is 12.6 Å². The predicted octanol–water partition coefficient (Wildman–Crippen LogP) is 2.12. The number of aryl methyl sites for hydroxylation is 1. The molecule has 0 aliphatic carbocycles. The topological polar surface area (TPSA) is 90.3 Å². The molecule has 2 aromatic rings. The highest BCUT2D eigenvalue weighted by atomic mass is 16.5. The van der Waals surface area contributed by atoms with Crippen LogP contribution in [0.15, 0.2) is 29.1 Å². The van der Waals surface area contributed by atoms with Crippen LogP contribution in [0.3, 0.4) is 0 Å². The Bertz CT molecular complexity index is 857. The van der Waals surface area contributed by atoms with Crippen molar-refractivity contribution in [2.24, 2.45) is 5.92 Å². The van der Waals surface area contributed by atoms with Gasteiger partial charge in [-0.3, -0.25) is 9.59 Å². The molecule has 1 aromatic heterocycles. The van der Waals surface area contributed by atoms with Crippen LogP contribution < -0.4 is 10.9 Å². The van der Waals surface area contributed by atoms with E-state index in [1.807, 2.05) is 27.7 Å². The molecular formula is C19H25N3O4. The summed E-state index contributed by atoms with van der Waals surface area (Å²) in [6.45, 7) is 7.80. The smallest absolute Gasteiger partial charge is 0.359 e. The van der Waals surface area contributed by atoms with Crippen LogP contribution in [-0.2, 0) is 16.1 Å². The Morgan fingerprint density at radius 1 is 1.19 bits per heavy atom. The minimum Gasteiger partial charge on any atom is -0.451 e. The largest absolute Gasteiger partial charge is 0.451 e. The summed E-state index contributed by atoms with van der Waals surface area (Å²) in [5.74, 6) is -0.818. The van der Waals surface area contributed by atoms with Crippen LogP contribution in [-0.4, -0.2) is 34.3 Å². The fourth-order valence-electron chi connectivity index (χ4n) is 2.41. The maximum Gasteiger partial charge on any atom is 0.359 e. The number of nitrogens with zero attached hydrogens (tertiary/aromatic N) is 2. The summed E-state index contributed by atoms with van der Waals surface area (Å²) in [6.07, 6.45) is 0.704. The molecule has 0 aliphatic rings. The van der Waals surface area contributed by atoms with Gasteiger partial charge in [0.05, 0.1) is 5.39 Å². The summed E-state index contributed by atoms with van der Waals surface area (Å²) in [4.78, 5) is 36.8. The Hall–Kier alpha value is -2.70. The molecular weight excluding hydrogens is 334 g/mol. The zero-order valence-electron chi connectivity index (χ0n) is 15.6. The minimum atomic E-state index is -0.724. The number of carbonyl (C=O) groups excluding carboxylic acids is 2. The monoisotopic (exact) mass is 359 g/mol. The van der Waals surface area contributed by atoms with E-state index in [0.717, 1.165) is 0 Å². The first kappa shape index (κ1) is 19.6. The second-order valence-electron chi connectivity index (χ2n) is 6.60. The second-order valence-corrected chi connectivity index (χ2v) is 6.60. The average molecular weight is 359 g/mol. The van der Waals surface area contributed by atoms with Gasteiger partial charge in [-0.15, -0.1) is 0 Å². The lowest BCUT2D eigenvalue weighted by molar-refractivity contribution is -0.125. The van der Waals surface area contributed by atoms with Crippen LogP contribution >= 0.6 is 0 Å². The lowest BCUT2D eigenvalue weighted by atomic mass is 10.1. The van der Waals surface area contributed by atoms with E-state index in [9.17, 15) is 14.4 Å². The molecule has 140 valence electrons. The van der Waals surface area contributed by atoms with E-state index in [0.29, 0.717) is 23.7 Å². The summed E-state index contributed by atoms with van der Waals surface area (Å²) in [6, 6.07) is 6.74. The fourth-order valence-corrected chi connectivity index (χ4v) is 2.41. The molecule has 1 unspecified atom stereocenters. The van der Waals surface area contributed by atoms with Gasteiger partial charge in [0.25, 0.3) is 11.5 Å². The Kier molecular flexibility index (Phi) is 6.49. The molecule has 0 saturated heterocycles. The Morgan fingerprint density at radius 3 is 2.46 bits per heavy atom. The number of amides is 1. The first-order chi connectivity index (χ1) is 12.3. The lowest BCUT2D eigenvalue weighted by Gasteiger charge is -2.17. The molecule has 1 heterocycles. The standard InChI is InChI=1S/C19H25N3O4/c1-5-10-22-18(24)15-9-7-6-8-14(15)17(21-22)19(25)26-11-16(23)20-13(4)12(2)3/h6-9,12-13H,5,10-11H2,1-4H3,(H,20,23). The predicted molar refractivity (Wildman–Crippen MR) is 99.0 cm³/mol. The number of hydrogen-bond acceptors (Lipinski definition) is 5. The number of aromatic nitrogens is 2. The number of benzene rings is 1. The Balaban J connectivity index is 2.23. The quantitative estimate of drug-likeness (QED) is 0.765. The van der Waals surface area contributed by atoms with E-state index in [1.54, 1.807) is 24.3 Å². The molecule has 2 rings (SSSR count). The zero-order valence-corrected chi connectivity index (χ0v) is 15.6. The van der Waals surface area contributed by atoms with E-state index in [-0.39, 0.29) is 29.1 Å². The molecule has 1 N–H and O–H groups in total. The Morgan fingerprint density at radius 2 is 1.85 bits per heavy atom. The SMILES string of the molecule is CCCn1nc(C(=O)OCC(=O)NC(C)C(C)C)c2ccccc2c1=O. The van der Waals surface area contributed by atoms with Crippen molar-refractivity contribution in [3.63, 3.8) is 0 Å². The van der Waals surface area contributed by atoms with Crippen molar-refractivity contribution in [3.05, 3.63) is 40.3 Å². The van der Waals surface area contributed by atoms with E-state index in [4.69, 9.17) is 4.74 Å². The van der Waals surface area contributed by atoms with Gasteiger partial charge in [0, 0.05) is 18.0 Å². The van der Waals surface area contributed by atoms with Gasteiger partial charge in [-0.25, -0.2) is 9.48 Å². The van der Waals surface area contributed by atoms with E-state index in [2.05, 4.69) is 10.4 Å². The second kappa shape index (κ2) is 8.60. The third kappa shape index (κ3) is 4.47. The third-order valence-electron chi connectivity index (χ3n) is 4.22. The summed E-state index contributed by atoms with van der Waals surface area (Å²) >= 11 is 0. The molecule has 1 atom stereocenters. The van der Waals surface area contributed by atoms with Crippen LogP contribution in [0, 0.1) is 5.92 Å². The number of carbonyl (C=O) groups is 2. The maximum absolute atomic E-state index is 12.5. The van der Waals surface area contributed by atoms with Crippen LogP contribution in [0.5, 0.6) is 0 Å². The molecule has 7 nitrogen and oxygen atoms in total. The number of fused-ring (bicyclic) bond motifs is 1. The normalized spacial score (nSPS) is 12.2. The third-order valence-corrected chi connectivity index (χ3v) is 4.22. The minimum absolute atomic E-state index is 0.0217. The van der Waals surface area contributed by atoms with Gasteiger partial charge in [0.1, 0.15) is 0 Å². The average Bonchev–Trinajstić information content (AvgIpc) is 2.62. The molecule has 0 fully saturated rings. The number of esters is 1. The van der Waals surface area contributed by atoms with Gasteiger partial charge in [-0.2, -0.15) is 5.10 Å². The van der Waals surface area contributed by atoms with Crippen molar-refractivity contribution >= 4 is 22.6 Å². The summed E-state index contributed by atoms with van der Waals surface area (Å²) in [7, 11) is 0. The number of ether oxygens (including phenoxy) is 1. The van der Waals surface area contributed by atoms with Gasteiger partial charge >= 0.3 is 5.97 Å². The van der Waals surface area contributed by atoms with Crippen LogP contribution in [0.25, 0.3) is 10.8 Å². The highest BCUT2D eigenvalue weighted by Crippen LogP contribution is 2.14. The molecule has 7 heteroatoms. The van der Waals surface area contributed by atoms with Crippen molar-refractivity contribution in [1.82, 2.24) is 15.1 Å². The highest BCUT2D eigenvalue weighted by molar-refractivity contribution is 6.02. The van der Waals surface area contributed by atoms with Crippen molar-refractivity contribution in [3.8, 4) is 0 Å². The van der Waals surface area contributed by atoms with E-state index in [1.165, 1.54) is 4.68 Å². The van der Waals surface area contributed by atoms with Gasteiger partial charge < -0.3 is 10.1 Å². The molecule has 26 heavy (non-hydrogen) atoms. The lowest BCUT2D eigenvalue weighted by Crippen LogP contribution is -2.38. The van der Waals surface area contributed by atoms with Crippen LogP contribution in [0.2, 0.25) is 0 Å². The van der Waals surface area contributed by atoms with Crippen molar-refractivity contribution < 1.29 is 14.3 Å². The molecule has 0 radical (unpaired) electrons. The van der Waals surface area contributed by atoms with Crippen molar-refractivity contribution in [2.45, 2.75) is 46.7 Å².